The summed E-state index contributed by atoms with van der Waals surface area (Å²) in [7, 11) is 0. The lowest BCUT2D eigenvalue weighted by molar-refractivity contribution is -0.143. The van der Waals surface area contributed by atoms with Crippen LogP contribution in [0.25, 0.3) is 0 Å². The summed E-state index contributed by atoms with van der Waals surface area (Å²) in [6.45, 7) is 3.42. The maximum absolute atomic E-state index is 12.2. The molecule has 0 fully saturated rings. The van der Waals surface area contributed by atoms with E-state index in [4.69, 9.17) is 5.11 Å². The maximum atomic E-state index is 12.2. The van der Waals surface area contributed by atoms with E-state index in [2.05, 4.69) is 10.6 Å². The van der Waals surface area contributed by atoms with Crippen LogP contribution in [-0.4, -0.2) is 62.9 Å². The van der Waals surface area contributed by atoms with Gasteiger partial charge in [-0.05, 0) is 25.7 Å². The number of carbonyl (C=O) groups is 6. The third kappa shape index (κ3) is 20.9. The van der Waals surface area contributed by atoms with Crippen LogP contribution < -0.4 is 10.6 Å². The van der Waals surface area contributed by atoms with Gasteiger partial charge in [0.15, 0.2) is 0 Å². The average molecular weight is 571 g/mol. The van der Waals surface area contributed by atoms with Gasteiger partial charge in [-0.15, -0.1) is 0 Å². The molecular weight excluding hydrogens is 520 g/mol. The van der Waals surface area contributed by atoms with Crippen molar-refractivity contribution in [3.8, 4) is 0 Å². The van der Waals surface area contributed by atoms with Gasteiger partial charge in [-0.3, -0.25) is 19.2 Å². The molecule has 0 aromatic carbocycles. The Morgan fingerprint density at radius 3 is 1.23 bits per heavy atom. The summed E-state index contributed by atoms with van der Waals surface area (Å²) in [4.78, 5) is 69.5. The second-order valence-corrected chi connectivity index (χ2v) is 10.8. The van der Waals surface area contributed by atoms with Gasteiger partial charge in [0.1, 0.15) is 17.9 Å². The van der Waals surface area contributed by atoms with Crippen LogP contribution in [0.5, 0.6) is 0 Å². The molecule has 11 nitrogen and oxygen atoms in total. The SMILES string of the molecule is CC(C)C(=O)CC[C@H](NC(=O)CC[C@H](NC(=O)CCCCCCCCCCCCCCC(=O)O)C(=O)O)C(=O)O. The van der Waals surface area contributed by atoms with Crippen molar-refractivity contribution in [2.75, 3.05) is 0 Å². The summed E-state index contributed by atoms with van der Waals surface area (Å²) < 4.78 is 0. The molecule has 0 aliphatic carbocycles. The van der Waals surface area contributed by atoms with Crippen LogP contribution in [0.15, 0.2) is 0 Å². The molecule has 0 bridgehead atoms. The number of rotatable bonds is 26. The average Bonchev–Trinajstić information content (AvgIpc) is 2.88. The van der Waals surface area contributed by atoms with Gasteiger partial charge in [-0.1, -0.05) is 78.1 Å². The van der Waals surface area contributed by atoms with Crippen LogP contribution in [-0.2, 0) is 28.8 Å². The predicted octanol–water partition coefficient (Wildman–Crippen LogP) is 4.46. The van der Waals surface area contributed by atoms with E-state index in [1.54, 1.807) is 13.8 Å². The van der Waals surface area contributed by atoms with Gasteiger partial charge in [0.25, 0.3) is 0 Å². The molecule has 0 saturated carbocycles. The summed E-state index contributed by atoms with van der Waals surface area (Å²) in [5.74, 6) is -4.66. The van der Waals surface area contributed by atoms with E-state index in [9.17, 15) is 39.0 Å². The monoisotopic (exact) mass is 570 g/mol. The van der Waals surface area contributed by atoms with E-state index in [-0.39, 0.29) is 50.2 Å². The minimum atomic E-state index is -1.27. The second-order valence-electron chi connectivity index (χ2n) is 10.8. The van der Waals surface area contributed by atoms with Crippen molar-refractivity contribution in [3.63, 3.8) is 0 Å². The number of amides is 2. The highest BCUT2D eigenvalue weighted by Gasteiger charge is 2.24. The van der Waals surface area contributed by atoms with Crippen molar-refractivity contribution in [2.24, 2.45) is 5.92 Å². The third-order valence-corrected chi connectivity index (χ3v) is 6.79. The van der Waals surface area contributed by atoms with E-state index in [1.165, 1.54) is 12.8 Å². The molecule has 40 heavy (non-hydrogen) atoms. The highest BCUT2D eigenvalue weighted by atomic mass is 16.4. The number of Topliss-reactive ketones (excluding diaryl/α,β-unsaturated/α-hetero) is 1. The standard InChI is InChI=1S/C29H50N2O9/c1-21(2)24(32)19-17-22(28(37)38)31-26(34)20-18-23(29(39)40)30-25(33)15-13-11-9-7-5-3-4-6-8-10-12-14-16-27(35)36/h21-23H,3-20H2,1-2H3,(H,30,33)(H,31,34)(H,35,36)(H,37,38)(H,39,40)/t22-,23-/m0/s1. The fourth-order valence-corrected chi connectivity index (χ4v) is 4.23. The Hall–Kier alpha value is -2.98. The lowest BCUT2D eigenvalue weighted by Gasteiger charge is -2.17. The Morgan fingerprint density at radius 1 is 0.500 bits per heavy atom. The smallest absolute Gasteiger partial charge is 0.326 e. The summed E-state index contributed by atoms with van der Waals surface area (Å²) in [5, 5.41) is 32.1. The van der Waals surface area contributed by atoms with Crippen molar-refractivity contribution >= 4 is 35.5 Å². The predicted molar refractivity (Wildman–Crippen MR) is 150 cm³/mol. The van der Waals surface area contributed by atoms with Crippen LogP contribution in [0.2, 0.25) is 0 Å². The van der Waals surface area contributed by atoms with Crippen molar-refractivity contribution in [1.29, 1.82) is 0 Å². The molecule has 0 spiro atoms. The molecular formula is C29H50N2O9. The first-order chi connectivity index (χ1) is 18.9. The number of carboxylic acids is 3. The molecule has 0 aliphatic heterocycles. The number of hydrogen-bond donors (Lipinski definition) is 5. The molecule has 0 heterocycles. The molecule has 2 atom stereocenters. The second kappa shape index (κ2) is 22.8. The van der Waals surface area contributed by atoms with Crippen molar-refractivity contribution in [3.05, 3.63) is 0 Å². The van der Waals surface area contributed by atoms with Crippen molar-refractivity contribution in [2.45, 2.75) is 142 Å². The highest BCUT2D eigenvalue weighted by molar-refractivity contribution is 5.86. The Bertz CT molecular complexity index is 798. The van der Waals surface area contributed by atoms with Gasteiger partial charge in [0.05, 0.1) is 0 Å². The number of unbranched alkanes of at least 4 members (excludes halogenated alkanes) is 11. The Labute approximate surface area is 237 Å². The quantitative estimate of drug-likeness (QED) is 0.0936. The molecule has 5 N–H and O–H groups in total. The molecule has 2 amide bonds. The topological polar surface area (TPSA) is 187 Å². The van der Waals surface area contributed by atoms with Gasteiger partial charge in [-0.25, -0.2) is 9.59 Å². The van der Waals surface area contributed by atoms with E-state index in [0.29, 0.717) is 6.42 Å². The minimum absolute atomic E-state index is 0.0154. The minimum Gasteiger partial charge on any atom is -0.481 e. The number of carbonyl (C=O) groups excluding carboxylic acids is 3. The van der Waals surface area contributed by atoms with Gasteiger partial charge >= 0.3 is 17.9 Å². The number of ketones is 1. The fourth-order valence-electron chi connectivity index (χ4n) is 4.23. The number of carboxylic acid groups (broad SMARTS) is 3. The van der Waals surface area contributed by atoms with Crippen LogP contribution >= 0.6 is 0 Å². The molecule has 0 aromatic heterocycles. The van der Waals surface area contributed by atoms with E-state index in [1.807, 2.05) is 0 Å². The zero-order valence-electron chi connectivity index (χ0n) is 24.3. The number of hydrogen-bond acceptors (Lipinski definition) is 6. The first-order valence-electron chi connectivity index (χ1n) is 14.7. The van der Waals surface area contributed by atoms with Gasteiger partial charge in [0.2, 0.25) is 11.8 Å². The van der Waals surface area contributed by atoms with Gasteiger partial charge in [-0.2, -0.15) is 0 Å². The first-order valence-corrected chi connectivity index (χ1v) is 14.7. The summed E-state index contributed by atoms with van der Waals surface area (Å²) in [5.41, 5.74) is 0. The van der Waals surface area contributed by atoms with Crippen molar-refractivity contribution in [1.82, 2.24) is 10.6 Å². The molecule has 11 heteroatoms. The van der Waals surface area contributed by atoms with Crippen molar-refractivity contribution < 1.29 is 44.1 Å². The highest BCUT2D eigenvalue weighted by Crippen LogP contribution is 2.13. The van der Waals surface area contributed by atoms with Crippen LogP contribution in [0.4, 0.5) is 0 Å². The van der Waals surface area contributed by atoms with Crippen LogP contribution in [0.1, 0.15) is 129 Å². The van der Waals surface area contributed by atoms with E-state index in [0.717, 1.165) is 57.8 Å². The molecule has 0 aromatic rings. The lowest BCUT2D eigenvalue weighted by atomic mass is 10.0. The summed E-state index contributed by atoms with van der Waals surface area (Å²) in [6.07, 6.45) is 12.1. The van der Waals surface area contributed by atoms with E-state index < -0.39 is 41.8 Å². The Morgan fingerprint density at radius 2 is 0.850 bits per heavy atom. The fraction of sp³-hybridized carbons (Fsp3) is 0.793. The number of nitrogens with one attached hydrogen (secondary N) is 2. The lowest BCUT2D eigenvalue weighted by Crippen LogP contribution is -2.44. The van der Waals surface area contributed by atoms with Crippen LogP contribution in [0, 0.1) is 5.92 Å². The molecule has 230 valence electrons. The van der Waals surface area contributed by atoms with Gasteiger partial charge < -0.3 is 26.0 Å². The van der Waals surface area contributed by atoms with Crippen LogP contribution in [0.3, 0.4) is 0 Å². The summed E-state index contributed by atoms with van der Waals surface area (Å²) >= 11 is 0. The molecule has 0 rings (SSSR count). The summed E-state index contributed by atoms with van der Waals surface area (Å²) in [6, 6.07) is -2.49. The Kier molecular flexibility index (Phi) is 21.1. The Balaban J connectivity index is 4.04. The number of aliphatic carboxylic acids is 3. The normalized spacial score (nSPS) is 12.5. The molecule has 0 saturated heterocycles. The first kappa shape index (κ1) is 37.0. The zero-order valence-corrected chi connectivity index (χ0v) is 24.3. The maximum Gasteiger partial charge on any atom is 0.326 e. The third-order valence-electron chi connectivity index (χ3n) is 6.79. The molecule has 0 unspecified atom stereocenters. The van der Waals surface area contributed by atoms with E-state index >= 15 is 0 Å². The molecule has 0 aliphatic rings. The zero-order chi connectivity index (χ0) is 30.3. The molecule has 0 radical (unpaired) electrons. The van der Waals surface area contributed by atoms with Gasteiger partial charge in [0, 0.05) is 31.6 Å². The largest absolute Gasteiger partial charge is 0.481 e.